The summed E-state index contributed by atoms with van der Waals surface area (Å²) in [4.78, 5) is 52.7. The van der Waals surface area contributed by atoms with Crippen LogP contribution in [0, 0.1) is 11.8 Å². The molecule has 0 spiro atoms. The number of anilines is 1. The van der Waals surface area contributed by atoms with Crippen molar-refractivity contribution in [3.05, 3.63) is 113 Å². The number of Topliss-reactive ketones (excluding diaryl/α,β-unsaturated/α-hetero) is 2. The number of rotatable bonds is 2. The van der Waals surface area contributed by atoms with Crippen molar-refractivity contribution >= 4 is 28.9 Å². The van der Waals surface area contributed by atoms with Gasteiger partial charge in [-0.15, -0.1) is 0 Å². The average molecular weight is 431 g/mol. The van der Waals surface area contributed by atoms with Gasteiger partial charge in [-0.1, -0.05) is 72.8 Å². The first kappa shape index (κ1) is 19.3. The smallest absolute Gasteiger partial charge is 0.256 e. The molecule has 0 saturated heterocycles. The van der Waals surface area contributed by atoms with Gasteiger partial charge in [0, 0.05) is 16.7 Å². The highest BCUT2D eigenvalue weighted by molar-refractivity contribution is 6.27. The third kappa shape index (κ3) is 2.72. The third-order valence-corrected chi connectivity index (χ3v) is 6.56. The van der Waals surface area contributed by atoms with Crippen LogP contribution in [0.4, 0.5) is 5.69 Å². The summed E-state index contributed by atoms with van der Waals surface area (Å²) in [6, 6.07) is 17.3. The van der Waals surface area contributed by atoms with Gasteiger partial charge in [-0.2, -0.15) is 0 Å². The minimum atomic E-state index is -0.579. The number of carbonyl (C=O) groups excluding carboxylic acids is 4. The number of hydrogen-bond donors (Lipinski definition) is 1. The summed E-state index contributed by atoms with van der Waals surface area (Å²) in [5, 5.41) is 2.80. The molecule has 0 aliphatic heterocycles. The second-order valence-electron chi connectivity index (χ2n) is 8.33. The van der Waals surface area contributed by atoms with Gasteiger partial charge in [-0.25, -0.2) is 0 Å². The predicted molar refractivity (Wildman–Crippen MR) is 124 cm³/mol. The molecule has 158 valence electrons. The van der Waals surface area contributed by atoms with Crippen molar-refractivity contribution in [1.29, 1.82) is 0 Å². The molecule has 0 aromatic heterocycles. The molecule has 3 aromatic rings. The first-order valence-corrected chi connectivity index (χ1v) is 10.7. The Bertz CT molecular complexity index is 1480. The molecule has 6 rings (SSSR count). The van der Waals surface area contributed by atoms with Gasteiger partial charge in [0.05, 0.1) is 28.7 Å². The lowest BCUT2D eigenvalue weighted by Gasteiger charge is -2.29. The molecular weight excluding hydrogens is 414 g/mol. The first-order valence-electron chi connectivity index (χ1n) is 10.7. The summed E-state index contributed by atoms with van der Waals surface area (Å²) in [5.74, 6) is -2.14. The van der Waals surface area contributed by atoms with Crippen LogP contribution in [-0.2, 0) is 0 Å². The first-order chi connectivity index (χ1) is 16.1. The maximum absolute atomic E-state index is 13.3. The molecule has 2 atom stereocenters. The fourth-order valence-electron chi connectivity index (χ4n) is 5.03. The number of hydrogen-bond acceptors (Lipinski definition) is 4. The van der Waals surface area contributed by atoms with Gasteiger partial charge < -0.3 is 5.32 Å². The Balaban J connectivity index is 1.41. The number of fused-ring (bicyclic) bond motifs is 5. The highest BCUT2D eigenvalue weighted by atomic mass is 16.2. The molecule has 5 nitrogen and oxygen atoms in total. The van der Waals surface area contributed by atoms with Crippen molar-refractivity contribution in [1.82, 2.24) is 0 Å². The molecular formula is C28H17NO4. The largest absolute Gasteiger partial charge is 0.321 e. The highest BCUT2D eigenvalue weighted by Crippen LogP contribution is 2.40. The zero-order valence-corrected chi connectivity index (χ0v) is 17.4. The molecule has 33 heavy (non-hydrogen) atoms. The molecule has 0 heterocycles. The number of carbonyl (C=O) groups is 4. The Morgan fingerprint density at radius 2 is 1.27 bits per heavy atom. The molecule has 0 saturated carbocycles. The number of benzene rings is 3. The van der Waals surface area contributed by atoms with E-state index in [0.717, 1.165) is 5.56 Å². The molecule has 3 aliphatic rings. The van der Waals surface area contributed by atoms with E-state index < -0.39 is 17.7 Å². The number of allylic oxidation sites excluding steroid dienone is 4. The van der Waals surface area contributed by atoms with Gasteiger partial charge in [0.1, 0.15) is 0 Å². The Kier molecular flexibility index (Phi) is 4.14. The van der Waals surface area contributed by atoms with E-state index in [0.29, 0.717) is 22.3 Å². The maximum Gasteiger partial charge on any atom is 0.256 e. The van der Waals surface area contributed by atoms with Crippen LogP contribution in [0.1, 0.15) is 47.0 Å². The second-order valence-corrected chi connectivity index (χ2v) is 8.33. The van der Waals surface area contributed by atoms with E-state index in [2.05, 4.69) is 5.32 Å². The Hall–Kier alpha value is -4.38. The molecule has 1 amide bonds. The van der Waals surface area contributed by atoms with Gasteiger partial charge in [0.25, 0.3) is 5.91 Å². The van der Waals surface area contributed by atoms with Gasteiger partial charge >= 0.3 is 0 Å². The SMILES string of the molecule is O=C(Nc1cccc2c1C(=O)C1C=CC=CC1C2=O)c1cccc2c1C(=O)c1ccccc1-2. The van der Waals surface area contributed by atoms with Crippen LogP contribution in [0.15, 0.2) is 85.0 Å². The van der Waals surface area contributed by atoms with Gasteiger partial charge in [-0.3, -0.25) is 19.2 Å². The topological polar surface area (TPSA) is 80.3 Å². The van der Waals surface area contributed by atoms with E-state index in [1.165, 1.54) is 0 Å². The number of amides is 1. The minimum Gasteiger partial charge on any atom is -0.321 e. The third-order valence-electron chi connectivity index (χ3n) is 6.56. The van der Waals surface area contributed by atoms with Crippen molar-refractivity contribution in [3.63, 3.8) is 0 Å². The molecule has 0 bridgehead atoms. The van der Waals surface area contributed by atoms with Crippen molar-refractivity contribution in [2.24, 2.45) is 11.8 Å². The van der Waals surface area contributed by atoms with Crippen LogP contribution < -0.4 is 5.32 Å². The normalized spacial score (nSPS) is 19.6. The van der Waals surface area contributed by atoms with Crippen molar-refractivity contribution in [3.8, 4) is 11.1 Å². The Morgan fingerprint density at radius 1 is 0.636 bits per heavy atom. The maximum atomic E-state index is 13.3. The summed E-state index contributed by atoms with van der Waals surface area (Å²) in [5.41, 5.74) is 3.47. The summed E-state index contributed by atoms with van der Waals surface area (Å²) in [7, 11) is 0. The average Bonchev–Trinajstić information content (AvgIpc) is 3.15. The molecule has 5 heteroatoms. The molecule has 1 N–H and O–H groups in total. The molecule has 0 fully saturated rings. The lowest BCUT2D eigenvalue weighted by Crippen LogP contribution is -2.36. The zero-order chi connectivity index (χ0) is 22.7. The van der Waals surface area contributed by atoms with Crippen LogP contribution in [0.5, 0.6) is 0 Å². The predicted octanol–water partition coefficient (Wildman–Crippen LogP) is 4.89. The van der Waals surface area contributed by atoms with Gasteiger partial charge in [0.2, 0.25) is 0 Å². The molecule has 2 unspecified atom stereocenters. The highest BCUT2D eigenvalue weighted by Gasteiger charge is 2.41. The number of nitrogens with one attached hydrogen (secondary N) is 1. The summed E-state index contributed by atoms with van der Waals surface area (Å²) < 4.78 is 0. The quantitative estimate of drug-likeness (QED) is 0.490. The molecule has 3 aliphatic carbocycles. The minimum absolute atomic E-state index is 0.141. The Labute approximate surface area is 189 Å². The van der Waals surface area contributed by atoms with Gasteiger partial charge in [0.15, 0.2) is 17.3 Å². The monoisotopic (exact) mass is 431 g/mol. The zero-order valence-electron chi connectivity index (χ0n) is 17.4. The fraction of sp³-hybridized carbons (Fsp3) is 0.0714. The molecule has 0 radical (unpaired) electrons. The van der Waals surface area contributed by atoms with E-state index in [-0.39, 0.29) is 34.2 Å². The fourth-order valence-corrected chi connectivity index (χ4v) is 5.03. The van der Waals surface area contributed by atoms with Crippen LogP contribution in [0.2, 0.25) is 0 Å². The summed E-state index contributed by atoms with van der Waals surface area (Å²) in [6.07, 6.45) is 7.01. The summed E-state index contributed by atoms with van der Waals surface area (Å²) in [6.45, 7) is 0. The Morgan fingerprint density at radius 3 is 2.06 bits per heavy atom. The van der Waals surface area contributed by atoms with E-state index in [1.54, 1.807) is 66.8 Å². The second kappa shape index (κ2) is 7.07. The lowest BCUT2D eigenvalue weighted by atomic mass is 9.72. The lowest BCUT2D eigenvalue weighted by molar-refractivity contribution is 0.0802. The van der Waals surface area contributed by atoms with E-state index in [9.17, 15) is 19.2 Å². The standard InChI is InChI=1S/C28H17NO4/c30-25-18-9-3-4-10-19(18)27(32)24-20(25)12-6-14-22(24)29-28(33)21-13-5-11-16-15-7-1-2-8-17(15)26(31)23(16)21/h1-14,18-19H,(H,29,33). The summed E-state index contributed by atoms with van der Waals surface area (Å²) >= 11 is 0. The van der Waals surface area contributed by atoms with Crippen LogP contribution in [-0.4, -0.2) is 23.3 Å². The van der Waals surface area contributed by atoms with Crippen molar-refractivity contribution < 1.29 is 19.2 Å². The van der Waals surface area contributed by atoms with E-state index in [1.807, 2.05) is 18.2 Å². The number of ketones is 3. The van der Waals surface area contributed by atoms with Crippen LogP contribution >= 0.6 is 0 Å². The van der Waals surface area contributed by atoms with Crippen molar-refractivity contribution in [2.45, 2.75) is 0 Å². The van der Waals surface area contributed by atoms with Crippen molar-refractivity contribution in [2.75, 3.05) is 5.32 Å². The van der Waals surface area contributed by atoms with Crippen LogP contribution in [0.25, 0.3) is 11.1 Å². The molecule has 3 aromatic carbocycles. The van der Waals surface area contributed by atoms with Gasteiger partial charge in [-0.05, 0) is 23.3 Å². The van der Waals surface area contributed by atoms with Crippen LogP contribution in [0.3, 0.4) is 0 Å². The van der Waals surface area contributed by atoms with E-state index in [4.69, 9.17) is 0 Å². The van der Waals surface area contributed by atoms with E-state index >= 15 is 0 Å².